The van der Waals surface area contributed by atoms with Gasteiger partial charge in [0.25, 0.3) is 0 Å². The van der Waals surface area contributed by atoms with Crippen LogP contribution in [-0.2, 0) is 9.53 Å². The average Bonchev–Trinajstić information content (AvgIpc) is 2.77. The highest BCUT2D eigenvalue weighted by Gasteiger charge is 2.39. The summed E-state index contributed by atoms with van der Waals surface area (Å²) < 4.78 is 6.17. The first-order valence-electron chi connectivity index (χ1n) is 6.78. The lowest BCUT2D eigenvalue weighted by Gasteiger charge is -2.34. The van der Waals surface area contributed by atoms with Crippen molar-refractivity contribution in [1.29, 1.82) is 0 Å². The van der Waals surface area contributed by atoms with Crippen molar-refractivity contribution in [2.45, 2.75) is 77.9 Å². The van der Waals surface area contributed by atoms with Crippen LogP contribution >= 0.6 is 0 Å². The molecule has 0 saturated heterocycles. The molecule has 1 aliphatic carbocycles. The molecule has 1 rings (SSSR count). The van der Waals surface area contributed by atoms with Crippen molar-refractivity contribution in [2.24, 2.45) is 5.92 Å². The summed E-state index contributed by atoms with van der Waals surface area (Å²) in [5.41, 5.74) is -0.511. The van der Waals surface area contributed by atoms with Crippen LogP contribution in [-0.4, -0.2) is 17.5 Å². The number of carbonyl (C=O) groups is 1. The van der Waals surface area contributed by atoms with E-state index in [1.54, 1.807) is 0 Å². The predicted octanol–water partition coefficient (Wildman–Crippen LogP) is 3.73. The van der Waals surface area contributed by atoms with Crippen molar-refractivity contribution < 1.29 is 9.53 Å². The highest BCUT2D eigenvalue weighted by atomic mass is 16.5. The van der Waals surface area contributed by atoms with Gasteiger partial charge in [0.1, 0.15) is 5.60 Å². The minimum absolute atomic E-state index is 0.0707. The van der Waals surface area contributed by atoms with Crippen LogP contribution in [0.4, 0.5) is 0 Å². The molecule has 2 heteroatoms. The number of Topliss-reactive ketones (excluding diaryl/α,β-unsaturated/α-hetero) is 1. The average molecular weight is 226 g/mol. The molecule has 0 aliphatic heterocycles. The Morgan fingerprint density at radius 3 is 2.12 bits per heavy atom. The molecular weight excluding hydrogens is 200 g/mol. The van der Waals surface area contributed by atoms with Crippen LogP contribution in [0, 0.1) is 5.92 Å². The number of carbonyl (C=O) groups excluding carboxylic acids is 1. The van der Waals surface area contributed by atoms with Crippen molar-refractivity contribution in [2.75, 3.05) is 0 Å². The van der Waals surface area contributed by atoms with Gasteiger partial charge in [0.15, 0.2) is 5.78 Å². The van der Waals surface area contributed by atoms with Gasteiger partial charge in [-0.25, -0.2) is 0 Å². The highest BCUT2D eigenvalue weighted by Crippen LogP contribution is 2.32. The molecule has 16 heavy (non-hydrogen) atoms. The quantitative estimate of drug-likeness (QED) is 0.690. The van der Waals surface area contributed by atoms with Gasteiger partial charge in [-0.1, -0.05) is 40.5 Å². The Bertz CT molecular complexity index is 223. The van der Waals surface area contributed by atoms with E-state index in [-0.39, 0.29) is 11.7 Å². The third-order valence-electron chi connectivity index (χ3n) is 3.81. The largest absolute Gasteiger partial charge is 0.364 e. The molecule has 0 amide bonds. The molecule has 0 radical (unpaired) electrons. The number of hydrogen-bond donors (Lipinski definition) is 0. The fourth-order valence-electron chi connectivity index (χ4n) is 2.67. The van der Waals surface area contributed by atoms with E-state index < -0.39 is 5.60 Å². The van der Waals surface area contributed by atoms with Gasteiger partial charge in [0.2, 0.25) is 0 Å². The van der Waals surface area contributed by atoms with Gasteiger partial charge in [-0.3, -0.25) is 4.79 Å². The molecule has 0 bridgehead atoms. The first kappa shape index (κ1) is 13.7. The van der Waals surface area contributed by atoms with E-state index in [1.165, 1.54) is 12.8 Å². The van der Waals surface area contributed by atoms with Crippen LogP contribution < -0.4 is 0 Å². The maximum atomic E-state index is 12.3. The highest BCUT2D eigenvalue weighted by molar-refractivity contribution is 5.88. The zero-order valence-electron chi connectivity index (χ0n) is 11.2. The van der Waals surface area contributed by atoms with E-state index in [0.29, 0.717) is 6.10 Å². The summed E-state index contributed by atoms with van der Waals surface area (Å²) in [5.74, 6) is 0.353. The normalized spacial score (nSPS) is 18.3. The van der Waals surface area contributed by atoms with Crippen molar-refractivity contribution in [3.05, 3.63) is 0 Å². The van der Waals surface area contributed by atoms with E-state index in [1.807, 2.05) is 13.8 Å². The lowest BCUT2D eigenvalue weighted by Crippen LogP contribution is -2.45. The van der Waals surface area contributed by atoms with Crippen molar-refractivity contribution >= 4 is 5.78 Å². The number of ether oxygens (including phenoxy) is 1. The van der Waals surface area contributed by atoms with E-state index in [9.17, 15) is 4.79 Å². The summed E-state index contributed by atoms with van der Waals surface area (Å²) in [5, 5.41) is 0. The number of ketones is 1. The van der Waals surface area contributed by atoms with E-state index in [2.05, 4.69) is 13.8 Å². The van der Waals surface area contributed by atoms with E-state index >= 15 is 0 Å². The Hall–Kier alpha value is -0.370. The van der Waals surface area contributed by atoms with Gasteiger partial charge >= 0.3 is 0 Å². The van der Waals surface area contributed by atoms with Gasteiger partial charge in [-0.05, 0) is 25.7 Å². The predicted molar refractivity (Wildman–Crippen MR) is 66.5 cm³/mol. The molecule has 0 heterocycles. The monoisotopic (exact) mass is 226 g/mol. The Morgan fingerprint density at radius 2 is 1.75 bits per heavy atom. The molecule has 94 valence electrons. The summed E-state index contributed by atoms with van der Waals surface area (Å²) in [6.07, 6.45) is 6.70. The van der Waals surface area contributed by atoms with Crippen molar-refractivity contribution in [1.82, 2.24) is 0 Å². The minimum Gasteiger partial charge on any atom is -0.364 e. The van der Waals surface area contributed by atoms with Crippen molar-refractivity contribution in [3.63, 3.8) is 0 Å². The molecule has 2 nitrogen and oxygen atoms in total. The third kappa shape index (κ3) is 2.85. The van der Waals surface area contributed by atoms with Gasteiger partial charge < -0.3 is 4.74 Å². The molecule has 0 aromatic carbocycles. The second kappa shape index (κ2) is 5.81. The van der Waals surface area contributed by atoms with Gasteiger partial charge in [0.05, 0.1) is 6.10 Å². The minimum atomic E-state index is -0.511. The third-order valence-corrected chi connectivity index (χ3v) is 3.81. The van der Waals surface area contributed by atoms with Crippen LogP contribution in [0.3, 0.4) is 0 Å². The molecule has 1 aliphatic rings. The molecule has 0 aromatic heterocycles. The topological polar surface area (TPSA) is 26.3 Å². The summed E-state index contributed by atoms with van der Waals surface area (Å²) >= 11 is 0. The summed E-state index contributed by atoms with van der Waals surface area (Å²) in [4.78, 5) is 12.3. The lowest BCUT2D eigenvalue weighted by atomic mass is 9.85. The first-order valence-corrected chi connectivity index (χ1v) is 6.78. The lowest BCUT2D eigenvalue weighted by molar-refractivity contribution is -0.158. The van der Waals surface area contributed by atoms with Gasteiger partial charge in [-0.15, -0.1) is 0 Å². The standard InChI is InChI=1S/C14H26O2/c1-5-14(6-2,13(15)11(3)4)16-12-9-7-8-10-12/h11-12H,5-10H2,1-4H3. The molecule has 0 spiro atoms. The molecule has 0 unspecified atom stereocenters. The van der Waals surface area contributed by atoms with Crippen molar-refractivity contribution in [3.8, 4) is 0 Å². The maximum Gasteiger partial charge on any atom is 0.167 e. The summed E-state index contributed by atoms with van der Waals surface area (Å²) in [6.45, 7) is 8.08. The van der Waals surface area contributed by atoms with Gasteiger partial charge in [0, 0.05) is 5.92 Å². The summed E-state index contributed by atoms with van der Waals surface area (Å²) in [7, 11) is 0. The molecule has 0 atom stereocenters. The summed E-state index contributed by atoms with van der Waals surface area (Å²) in [6, 6.07) is 0. The van der Waals surface area contributed by atoms with Crippen LogP contribution in [0.1, 0.15) is 66.2 Å². The molecule has 1 fully saturated rings. The van der Waals surface area contributed by atoms with E-state index in [0.717, 1.165) is 25.7 Å². The molecule has 0 N–H and O–H groups in total. The smallest absolute Gasteiger partial charge is 0.167 e. The first-order chi connectivity index (χ1) is 7.55. The Labute approximate surface area is 99.8 Å². The fourth-order valence-corrected chi connectivity index (χ4v) is 2.67. The maximum absolute atomic E-state index is 12.3. The van der Waals surface area contributed by atoms with E-state index in [4.69, 9.17) is 4.74 Å². The zero-order chi connectivity index (χ0) is 12.2. The number of rotatable bonds is 6. The van der Waals surface area contributed by atoms with Crippen LogP contribution in [0.15, 0.2) is 0 Å². The number of hydrogen-bond acceptors (Lipinski definition) is 2. The Balaban J connectivity index is 2.73. The zero-order valence-corrected chi connectivity index (χ0v) is 11.2. The SMILES string of the molecule is CCC(CC)(OC1CCCC1)C(=O)C(C)C. The molecule has 1 saturated carbocycles. The second-order valence-corrected chi connectivity index (χ2v) is 5.24. The second-order valence-electron chi connectivity index (χ2n) is 5.24. The van der Waals surface area contributed by atoms with Crippen LogP contribution in [0.2, 0.25) is 0 Å². The molecular formula is C14H26O2. The molecule has 0 aromatic rings. The fraction of sp³-hybridized carbons (Fsp3) is 0.929. The van der Waals surface area contributed by atoms with Gasteiger partial charge in [-0.2, -0.15) is 0 Å². The van der Waals surface area contributed by atoms with Crippen LogP contribution in [0.25, 0.3) is 0 Å². The Morgan fingerprint density at radius 1 is 1.25 bits per heavy atom. The Kier molecular flexibility index (Phi) is 4.97. The van der Waals surface area contributed by atoms with Crippen LogP contribution in [0.5, 0.6) is 0 Å².